The molecule has 0 bridgehead atoms. The van der Waals surface area contributed by atoms with Crippen LogP contribution in [0.3, 0.4) is 0 Å². The van der Waals surface area contributed by atoms with Gasteiger partial charge in [-0.15, -0.1) is 11.3 Å². The fraction of sp³-hybridized carbons (Fsp3) is 0.545. The Morgan fingerprint density at radius 2 is 2.44 bits per heavy atom. The summed E-state index contributed by atoms with van der Waals surface area (Å²) in [6.07, 6.45) is 3.52. The summed E-state index contributed by atoms with van der Waals surface area (Å²) in [7, 11) is 0. The Morgan fingerprint density at radius 3 is 3.11 bits per heavy atom. The van der Waals surface area contributed by atoms with Gasteiger partial charge in [-0.05, 0) is 19.4 Å². The smallest absolute Gasteiger partial charge is 0.304 e. The van der Waals surface area contributed by atoms with Gasteiger partial charge in [-0.25, -0.2) is 4.98 Å². The fourth-order valence-corrected chi connectivity index (χ4v) is 2.71. The number of amides is 1. The van der Waals surface area contributed by atoms with Crippen molar-refractivity contribution in [3.05, 3.63) is 11.6 Å². The second-order valence-corrected chi connectivity index (χ2v) is 5.14. The first-order chi connectivity index (χ1) is 8.65. The zero-order chi connectivity index (χ0) is 13.0. The van der Waals surface area contributed by atoms with Crippen molar-refractivity contribution in [2.45, 2.75) is 25.3 Å². The standard InChI is InChI=1S/C11H15N3O3S/c15-9(13-11-12-3-5-18-11)7-14-4-1-2-8(14)6-10(16)17/h3,5,8H,1-2,4,6-7H2,(H,16,17)(H,12,13,15). The highest BCUT2D eigenvalue weighted by molar-refractivity contribution is 7.13. The topological polar surface area (TPSA) is 82.5 Å². The van der Waals surface area contributed by atoms with Crippen LogP contribution in [0.5, 0.6) is 0 Å². The molecule has 2 heterocycles. The van der Waals surface area contributed by atoms with Crippen LogP contribution in [0.15, 0.2) is 11.6 Å². The summed E-state index contributed by atoms with van der Waals surface area (Å²) in [5, 5.41) is 13.9. The van der Waals surface area contributed by atoms with Crippen LogP contribution in [-0.2, 0) is 9.59 Å². The first-order valence-electron chi connectivity index (χ1n) is 5.80. The van der Waals surface area contributed by atoms with Gasteiger partial charge in [0.05, 0.1) is 13.0 Å². The molecule has 1 aromatic rings. The van der Waals surface area contributed by atoms with Gasteiger partial charge in [-0.2, -0.15) is 0 Å². The molecule has 1 aromatic heterocycles. The molecule has 1 unspecified atom stereocenters. The number of aliphatic carboxylic acids is 1. The lowest BCUT2D eigenvalue weighted by molar-refractivity contribution is -0.138. The molecule has 0 spiro atoms. The fourth-order valence-electron chi connectivity index (χ4n) is 2.16. The number of likely N-dealkylation sites (tertiary alicyclic amines) is 1. The summed E-state index contributed by atoms with van der Waals surface area (Å²) in [5.41, 5.74) is 0. The highest BCUT2D eigenvalue weighted by Crippen LogP contribution is 2.20. The second kappa shape index (κ2) is 5.92. The molecule has 1 aliphatic heterocycles. The van der Waals surface area contributed by atoms with Gasteiger partial charge in [0.25, 0.3) is 0 Å². The van der Waals surface area contributed by atoms with Crippen LogP contribution < -0.4 is 5.32 Å². The van der Waals surface area contributed by atoms with Crippen LogP contribution in [0, 0.1) is 0 Å². The third kappa shape index (κ3) is 3.51. The Labute approximate surface area is 109 Å². The van der Waals surface area contributed by atoms with E-state index in [0.29, 0.717) is 5.13 Å². The molecule has 2 N–H and O–H groups in total. The number of carboxylic acid groups (broad SMARTS) is 1. The Bertz CT molecular complexity index is 421. The minimum Gasteiger partial charge on any atom is -0.481 e. The lowest BCUT2D eigenvalue weighted by Gasteiger charge is -2.21. The van der Waals surface area contributed by atoms with Gasteiger partial charge < -0.3 is 10.4 Å². The van der Waals surface area contributed by atoms with Crippen molar-refractivity contribution in [1.82, 2.24) is 9.88 Å². The van der Waals surface area contributed by atoms with E-state index >= 15 is 0 Å². The third-order valence-corrected chi connectivity index (χ3v) is 3.62. The summed E-state index contributed by atoms with van der Waals surface area (Å²) in [6, 6.07) is -0.0236. The van der Waals surface area contributed by atoms with E-state index < -0.39 is 5.97 Å². The number of anilines is 1. The molecule has 0 aromatic carbocycles. The Hall–Kier alpha value is -1.47. The molecule has 7 heteroatoms. The molecule has 98 valence electrons. The molecular weight excluding hydrogens is 254 g/mol. The molecular formula is C11H15N3O3S. The maximum atomic E-state index is 11.8. The second-order valence-electron chi connectivity index (χ2n) is 4.25. The van der Waals surface area contributed by atoms with Crippen molar-refractivity contribution in [3.8, 4) is 0 Å². The van der Waals surface area contributed by atoms with Crippen LogP contribution in [0.25, 0.3) is 0 Å². The molecule has 6 nitrogen and oxygen atoms in total. The van der Waals surface area contributed by atoms with Crippen molar-refractivity contribution < 1.29 is 14.7 Å². The molecule has 1 amide bonds. The predicted octanol–water partition coefficient (Wildman–Crippen LogP) is 1.02. The average molecular weight is 269 g/mol. The molecule has 1 fully saturated rings. The quantitative estimate of drug-likeness (QED) is 0.834. The highest BCUT2D eigenvalue weighted by Gasteiger charge is 2.28. The number of nitrogens with zero attached hydrogens (tertiary/aromatic N) is 2. The Balaban J connectivity index is 1.84. The molecule has 2 rings (SSSR count). The number of carboxylic acids is 1. The van der Waals surface area contributed by atoms with E-state index in [9.17, 15) is 9.59 Å². The number of rotatable bonds is 5. The number of thiazole rings is 1. The van der Waals surface area contributed by atoms with Crippen molar-refractivity contribution in [2.24, 2.45) is 0 Å². The van der Waals surface area contributed by atoms with Crippen LogP contribution >= 0.6 is 11.3 Å². The number of nitrogens with one attached hydrogen (secondary N) is 1. The number of carbonyl (C=O) groups excluding carboxylic acids is 1. The van der Waals surface area contributed by atoms with E-state index in [1.807, 2.05) is 4.90 Å². The number of aromatic nitrogens is 1. The van der Waals surface area contributed by atoms with Gasteiger partial charge in [-0.1, -0.05) is 0 Å². The molecule has 0 saturated carbocycles. The molecule has 0 radical (unpaired) electrons. The third-order valence-electron chi connectivity index (χ3n) is 2.93. The number of carbonyl (C=O) groups is 2. The van der Waals surface area contributed by atoms with Gasteiger partial charge in [0.2, 0.25) is 5.91 Å². The molecule has 1 atom stereocenters. The van der Waals surface area contributed by atoms with E-state index in [2.05, 4.69) is 10.3 Å². The normalized spacial score (nSPS) is 19.9. The number of hydrogen-bond donors (Lipinski definition) is 2. The molecule has 18 heavy (non-hydrogen) atoms. The predicted molar refractivity (Wildman–Crippen MR) is 67.6 cm³/mol. The first kappa shape index (κ1) is 13.0. The average Bonchev–Trinajstić information content (AvgIpc) is 2.91. The summed E-state index contributed by atoms with van der Waals surface area (Å²) < 4.78 is 0. The number of hydrogen-bond acceptors (Lipinski definition) is 5. The summed E-state index contributed by atoms with van der Waals surface area (Å²) in [5.74, 6) is -0.950. The van der Waals surface area contributed by atoms with Crippen LogP contribution in [0.2, 0.25) is 0 Å². The van der Waals surface area contributed by atoms with Gasteiger partial charge >= 0.3 is 5.97 Å². The monoisotopic (exact) mass is 269 g/mol. The van der Waals surface area contributed by atoms with Crippen LogP contribution in [-0.4, -0.2) is 46.0 Å². The first-order valence-corrected chi connectivity index (χ1v) is 6.68. The summed E-state index contributed by atoms with van der Waals surface area (Å²) >= 11 is 1.36. The van der Waals surface area contributed by atoms with E-state index in [-0.39, 0.29) is 24.9 Å². The maximum absolute atomic E-state index is 11.8. The van der Waals surface area contributed by atoms with Gasteiger partial charge in [0.15, 0.2) is 5.13 Å². The van der Waals surface area contributed by atoms with Crippen LogP contribution in [0.1, 0.15) is 19.3 Å². The van der Waals surface area contributed by atoms with Crippen molar-refractivity contribution in [2.75, 3.05) is 18.4 Å². The summed E-state index contributed by atoms with van der Waals surface area (Å²) in [6.45, 7) is 1.01. The minimum absolute atomic E-state index is 0.0236. The minimum atomic E-state index is -0.813. The molecule has 0 aliphatic carbocycles. The largest absolute Gasteiger partial charge is 0.481 e. The molecule has 1 saturated heterocycles. The highest BCUT2D eigenvalue weighted by atomic mass is 32.1. The Morgan fingerprint density at radius 1 is 1.61 bits per heavy atom. The van der Waals surface area contributed by atoms with Gasteiger partial charge in [0.1, 0.15) is 0 Å². The zero-order valence-electron chi connectivity index (χ0n) is 9.83. The lowest BCUT2D eigenvalue weighted by Crippen LogP contribution is -2.37. The van der Waals surface area contributed by atoms with E-state index in [1.165, 1.54) is 11.3 Å². The Kier molecular flexibility index (Phi) is 4.27. The molecule has 1 aliphatic rings. The van der Waals surface area contributed by atoms with Gasteiger partial charge in [-0.3, -0.25) is 14.5 Å². The maximum Gasteiger partial charge on any atom is 0.304 e. The lowest BCUT2D eigenvalue weighted by atomic mass is 10.1. The van der Waals surface area contributed by atoms with E-state index in [4.69, 9.17) is 5.11 Å². The van der Waals surface area contributed by atoms with Gasteiger partial charge in [0, 0.05) is 17.6 Å². The van der Waals surface area contributed by atoms with Crippen LogP contribution in [0.4, 0.5) is 5.13 Å². The zero-order valence-corrected chi connectivity index (χ0v) is 10.7. The van der Waals surface area contributed by atoms with Crippen molar-refractivity contribution in [3.63, 3.8) is 0 Å². The van der Waals surface area contributed by atoms with E-state index in [0.717, 1.165) is 19.4 Å². The SMILES string of the molecule is O=C(O)CC1CCCN1CC(=O)Nc1nccs1. The van der Waals surface area contributed by atoms with Crippen molar-refractivity contribution in [1.29, 1.82) is 0 Å². The summed E-state index contributed by atoms with van der Waals surface area (Å²) in [4.78, 5) is 28.4. The van der Waals surface area contributed by atoms with E-state index in [1.54, 1.807) is 11.6 Å². The van der Waals surface area contributed by atoms with Crippen molar-refractivity contribution >= 4 is 28.3 Å².